The third-order valence-electron chi connectivity index (χ3n) is 5.52. The van der Waals surface area contributed by atoms with Gasteiger partial charge in [0, 0.05) is 22.9 Å². The van der Waals surface area contributed by atoms with Gasteiger partial charge in [0.15, 0.2) is 0 Å². The number of benzene rings is 3. The smallest absolute Gasteiger partial charge is 0.144 e. The zero-order valence-electron chi connectivity index (χ0n) is 20.6. The highest BCUT2D eigenvalue weighted by molar-refractivity contribution is 5.83. The van der Waals surface area contributed by atoms with Crippen molar-refractivity contribution >= 4 is 6.21 Å². The number of hydrogen-bond acceptors (Lipinski definition) is 5. The number of phenolic OH excluding ortho intramolecular Hbond substituents is 1. The Morgan fingerprint density at radius 2 is 1.26 bits per heavy atom. The lowest BCUT2D eigenvalue weighted by molar-refractivity contribution is 0.0431. The van der Waals surface area contributed by atoms with Crippen molar-refractivity contribution in [1.29, 1.82) is 0 Å². The standard InChI is InChI=1S/C29H35NO4/c1-6-28(30-19-22-13-7-10-16-25(22)31)29(32,23-14-8-11-17-26(23)33-20(2)3)24-15-9-12-18-27(24)34-21(4)5/h7-21,28,31-32H,6H2,1-5H3. The minimum Gasteiger partial charge on any atom is -0.507 e. The van der Waals surface area contributed by atoms with Crippen LogP contribution in [0.1, 0.15) is 57.7 Å². The van der Waals surface area contributed by atoms with Crippen LogP contribution < -0.4 is 9.47 Å². The van der Waals surface area contributed by atoms with Crippen LogP contribution in [0.25, 0.3) is 0 Å². The highest BCUT2D eigenvalue weighted by atomic mass is 16.5. The van der Waals surface area contributed by atoms with Crippen molar-refractivity contribution < 1.29 is 19.7 Å². The summed E-state index contributed by atoms with van der Waals surface area (Å²) < 4.78 is 12.2. The molecule has 0 fully saturated rings. The van der Waals surface area contributed by atoms with Crippen molar-refractivity contribution in [2.75, 3.05) is 0 Å². The molecule has 0 spiro atoms. The van der Waals surface area contributed by atoms with Crippen molar-refractivity contribution in [2.45, 2.75) is 64.9 Å². The van der Waals surface area contributed by atoms with Crippen molar-refractivity contribution in [3.63, 3.8) is 0 Å². The summed E-state index contributed by atoms with van der Waals surface area (Å²) in [6, 6.07) is 21.5. The van der Waals surface area contributed by atoms with E-state index in [-0.39, 0.29) is 18.0 Å². The monoisotopic (exact) mass is 461 g/mol. The Hall–Kier alpha value is -3.31. The van der Waals surface area contributed by atoms with Crippen LogP contribution in [0, 0.1) is 0 Å². The second-order valence-electron chi connectivity index (χ2n) is 8.85. The average Bonchev–Trinajstić information content (AvgIpc) is 2.80. The quantitative estimate of drug-likeness (QED) is 0.358. The Morgan fingerprint density at radius 3 is 1.74 bits per heavy atom. The van der Waals surface area contributed by atoms with Crippen LogP contribution in [-0.2, 0) is 5.60 Å². The molecular formula is C29H35NO4. The summed E-state index contributed by atoms with van der Waals surface area (Å²) in [7, 11) is 0. The minimum atomic E-state index is -1.55. The first-order valence-electron chi connectivity index (χ1n) is 11.8. The van der Waals surface area contributed by atoms with Crippen LogP contribution >= 0.6 is 0 Å². The summed E-state index contributed by atoms with van der Waals surface area (Å²) in [5.74, 6) is 1.32. The Bertz CT molecular complexity index is 1050. The van der Waals surface area contributed by atoms with Crippen LogP contribution in [0.15, 0.2) is 77.8 Å². The SMILES string of the molecule is CCC(N=Cc1ccccc1O)C(O)(c1ccccc1OC(C)C)c1ccccc1OC(C)C. The third-order valence-corrected chi connectivity index (χ3v) is 5.52. The molecule has 3 aromatic carbocycles. The second-order valence-corrected chi connectivity index (χ2v) is 8.85. The molecule has 3 aromatic rings. The van der Waals surface area contributed by atoms with E-state index in [1.165, 1.54) is 0 Å². The summed E-state index contributed by atoms with van der Waals surface area (Å²) in [5.41, 5.74) is 0.267. The highest BCUT2D eigenvalue weighted by Gasteiger charge is 2.43. The molecule has 0 radical (unpaired) electrons. The topological polar surface area (TPSA) is 71.3 Å². The van der Waals surface area contributed by atoms with Crippen molar-refractivity contribution in [1.82, 2.24) is 0 Å². The number of rotatable bonds is 10. The van der Waals surface area contributed by atoms with Crippen LogP contribution in [0.3, 0.4) is 0 Å². The second kappa shape index (κ2) is 11.2. The predicted molar refractivity (Wildman–Crippen MR) is 137 cm³/mol. The van der Waals surface area contributed by atoms with Crippen molar-refractivity contribution in [2.24, 2.45) is 4.99 Å². The van der Waals surface area contributed by atoms with E-state index in [9.17, 15) is 10.2 Å². The van der Waals surface area contributed by atoms with Gasteiger partial charge in [-0.1, -0.05) is 55.5 Å². The maximum Gasteiger partial charge on any atom is 0.144 e. The lowest BCUT2D eigenvalue weighted by Crippen LogP contribution is -2.40. The van der Waals surface area contributed by atoms with Gasteiger partial charge in [0.1, 0.15) is 22.8 Å². The first-order chi connectivity index (χ1) is 16.3. The molecule has 0 saturated carbocycles. The minimum absolute atomic E-state index is 0.0719. The maximum absolute atomic E-state index is 12.6. The Labute approximate surface area is 202 Å². The Kier molecular flexibility index (Phi) is 8.35. The van der Waals surface area contributed by atoms with E-state index in [1.807, 2.05) is 89.2 Å². The van der Waals surface area contributed by atoms with Gasteiger partial charge in [-0.15, -0.1) is 0 Å². The lowest BCUT2D eigenvalue weighted by atomic mass is 9.78. The van der Waals surface area contributed by atoms with E-state index >= 15 is 0 Å². The first kappa shape index (κ1) is 25.3. The fourth-order valence-corrected chi connectivity index (χ4v) is 4.06. The number of ether oxygens (including phenoxy) is 2. The fourth-order valence-electron chi connectivity index (χ4n) is 4.06. The molecule has 1 atom stereocenters. The molecule has 0 heterocycles. The largest absolute Gasteiger partial charge is 0.507 e. The molecule has 180 valence electrons. The third kappa shape index (κ3) is 5.60. The molecule has 0 amide bonds. The van der Waals surface area contributed by atoms with Gasteiger partial charge in [-0.25, -0.2) is 0 Å². The van der Waals surface area contributed by atoms with Gasteiger partial charge in [0.2, 0.25) is 0 Å². The predicted octanol–water partition coefficient (Wildman–Crippen LogP) is 6.10. The molecule has 1 unspecified atom stereocenters. The van der Waals surface area contributed by atoms with Gasteiger partial charge in [-0.3, -0.25) is 4.99 Å². The molecule has 0 bridgehead atoms. The van der Waals surface area contributed by atoms with Gasteiger partial charge in [0.05, 0.1) is 18.2 Å². The molecule has 2 N–H and O–H groups in total. The number of para-hydroxylation sites is 3. The molecule has 5 heteroatoms. The van der Waals surface area contributed by atoms with Crippen LogP contribution in [0.2, 0.25) is 0 Å². The average molecular weight is 462 g/mol. The van der Waals surface area contributed by atoms with Crippen LogP contribution in [0.4, 0.5) is 0 Å². The number of hydrogen-bond donors (Lipinski definition) is 2. The lowest BCUT2D eigenvalue weighted by Gasteiger charge is -2.37. The van der Waals surface area contributed by atoms with E-state index in [1.54, 1.807) is 24.4 Å². The van der Waals surface area contributed by atoms with Gasteiger partial charge in [-0.2, -0.15) is 0 Å². The van der Waals surface area contributed by atoms with Crippen molar-refractivity contribution in [3.05, 3.63) is 89.5 Å². The molecular weight excluding hydrogens is 426 g/mol. The number of aliphatic imine (C=N–C) groups is 1. The maximum atomic E-state index is 12.6. The van der Waals surface area contributed by atoms with E-state index in [0.717, 1.165) is 0 Å². The Balaban J connectivity index is 2.24. The molecule has 3 rings (SSSR count). The molecule has 0 saturated heterocycles. The summed E-state index contributed by atoms with van der Waals surface area (Å²) in [6.45, 7) is 9.81. The van der Waals surface area contributed by atoms with E-state index in [2.05, 4.69) is 0 Å². The summed E-state index contributed by atoms with van der Waals surface area (Å²) in [4.78, 5) is 4.79. The summed E-state index contributed by atoms with van der Waals surface area (Å²) in [6.07, 6.45) is 2.01. The zero-order chi connectivity index (χ0) is 24.7. The number of nitrogens with zero attached hydrogens (tertiary/aromatic N) is 1. The Morgan fingerprint density at radius 1 is 0.794 bits per heavy atom. The van der Waals surface area contributed by atoms with Crippen molar-refractivity contribution in [3.8, 4) is 17.2 Å². The fraction of sp³-hybridized carbons (Fsp3) is 0.345. The van der Waals surface area contributed by atoms with Gasteiger partial charge >= 0.3 is 0 Å². The van der Waals surface area contributed by atoms with Gasteiger partial charge in [0.25, 0.3) is 0 Å². The number of phenols is 1. The van der Waals surface area contributed by atoms with E-state index in [0.29, 0.717) is 34.6 Å². The summed E-state index contributed by atoms with van der Waals surface area (Å²) >= 11 is 0. The van der Waals surface area contributed by atoms with Crippen LogP contribution in [0.5, 0.6) is 17.2 Å². The molecule has 34 heavy (non-hydrogen) atoms. The van der Waals surface area contributed by atoms with E-state index < -0.39 is 11.6 Å². The normalized spacial score (nSPS) is 12.9. The number of aliphatic hydroxyl groups is 1. The first-order valence-corrected chi connectivity index (χ1v) is 11.8. The molecule has 0 aliphatic rings. The highest BCUT2D eigenvalue weighted by Crippen LogP contribution is 2.44. The van der Waals surface area contributed by atoms with Crippen LogP contribution in [-0.4, -0.2) is 34.7 Å². The molecule has 0 aliphatic heterocycles. The molecule has 0 aliphatic carbocycles. The molecule has 5 nitrogen and oxygen atoms in total. The number of aromatic hydroxyl groups is 1. The van der Waals surface area contributed by atoms with E-state index in [4.69, 9.17) is 14.5 Å². The summed E-state index contributed by atoms with van der Waals surface area (Å²) in [5, 5.41) is 22.8. The van der Waals surface area contributed by atoms with Gasteiger partial charge in [-0.05, 0) is 58.4 Å². The zero-order valence-corrected chi connectivity index (χ0v) is 20.6. The molecule has 0 aromatic heterocycles. The van der Waals surface area contributed by atoms with Gasteiger partial charge < -0.3 is 19.7 Å².